The molecule has 2 aromatic rings. The van der Waals surface area contributed by atoms with E-state index in [1.807, 2.05) is 13.0 Å². The maximum Gasteiger partial charge on any atom is 0.127 e. The number of fused-ring (bicyclic) bond motifs is 1. The van der Waals surface area contributed by atoms with Crippen molar-refractivity contribution >= 4 is 45.8 Å². The molecule has 0 aliphatic carbocycles. The van der Waals surface area contributed by atoms with Gasteiger partial charge in [-0.3, -0.25) is 0 Å². The molecule has 1 aromatic carbocycles. The van der Waals surface area contributed by atoms with E-state index in [1.165, 1.54) is 6.42 Å². The summed E-state index contributed by atoms with van der Waals surface area (Å²) in [5, 5.41) is 0.941. The Morgan fingerprint density at radius 2 is 1.80 bits per heavy atom. The number of aryl methyl sites for hydroxylation is 1. The van der Waals surface area contributed by atoms with Crippen molar-refractivity contribution in [1.29, 1.82) is 0 Å². The summed E-state index contributed by atoms with van der Waals surface area (Å²) in [5.41, 5.74) is 1.86. The van der Waals surface area contributed by atoms with Crippen LogP contribution in [0, 0.1) is 5.92 Å². The highest BCUT2D eigenvalue weighted by Crippen LogP contribution is 2.31. The van der Waals surface area contributed by atoms with Gasteiger partial charge < -0.3 is 4.57 Å². The topological polar surface area (TPSA) is 17.8 Å². The first kappa shape index (κ1) is 15.9. The lowest BCUT2D eigenvalue weighted by molar-refractivity contribution is 0.509. The van der Waals surface area contributed by atoms with Crippen LogP contribution in [0.3, 0.4) is 0 Å². The number of nitrogens with zero attached hydrogens (tertiary/aromatic N) is 2. The van der Waals surface area contributed by atoms with Crippen LogP contribution in [0.15, 0.2) is 12.1 Å². The fraction of sp³-hybridized carbons (Fsp3) is 0.533. The van der Waals surface area contributed by atoms with Crippen molar-refractivity contribution in [3.05, 3.63) is 28.0 Å². The van der Waals surface area contributed by atoms with Gasteiger partial charge in [0.2, 0.25) is 0 Å². The van der Waals surface area contributed by atoms with Gasteiger partial charge in [-0.05, 0) is 37.8 Å². The van der Waals surface area contributed by atoms with E-state index in [9.17, 15) is 0 Å². The van der Waals surface area contributed by atoms with Gasteiger partial charge in [0.1, 0.15) is 5.82 Å². The summed E-state index contributed by atoms with van der Waals surface area (Å²) in [5.74, 6) is 1.57. The number of aromatic nitrogens is 2. The minimum atomic E-state index is -0.140. The molecular weight excluding hydrogens is 315 g/mol. The average molecular weight is 334 g/mol. The van der Waals surface area contributed by atoms with Crippen LogP contribution in [-0.4, -0.2) is 9.55 Å². The Morgan fingerprint density at radius 3 is 2.40 bits per heavy atom. The van der Waals surface area contributed by atoms with Crippen LogP contribution in [0.2, 0.25) is 10.0 Å². The van der Waals surface area contributed by atoms with Crippen LogP contribution in [0.5, 0.6) is 0 Å². The normalized spacial score (nSPS) is 13.3. The molecule has 110 valence electrons. The zero-order valence-electron chi connectivity index (χ0n) is 12.0. The van der Waals surface area contributed by atoms with E-state index in [0.717, 1.165) is 29.8 Å². The Bertz CT molecular complexity index is 603. The third-order valence-electron chi connectivity index (χ3n) is 3.34. The number of benzene rings is 1. The summed E-state index contributed by atoms with van der Waals surface area (Å²) in [7, 11) is 0. The molecule has 0 aliphatic heterocycles. The zero-order chi connectivity index (χ0) is 14.9. The largest absolute Gasteiger partial charge is 0.327 e. The standard InChI is InChI=1S/C15H19Cl3N2/c1-9(2)5-4-6-20-14-8-12(18)11(17)7-13(14)19-15(20)10(3)16/h7-10H,4-6H2,1-3H3. The molecule has 0 N–H and O–H groups in total. The van der Waals surface area contributed by atoms with Crippen molar-refractivity contribution in [3.63, 3.8) is 0 Å². The van der Waals surface area contributed by atoms with E-state index in [2.05, 4.69) is 23.4 Å². The molecule has 2 rings (SSSR count). The van der Waals surface area contributed by atoms with Crippen molar-refractivity contribution in [3.8, 4) is 0 Å². The SMILES string of the molecule is CC(C)CCCn1c(C(C)Cl)nc2cc(Cl)c(Cl)cc21. The Balaban J connectivity index is 2.42. The number of alkyl halides is 1. The lowest BCUT2D eigenvalue weighted by Gasteiger charge is -2.11. The molecule has 0 spiro atoms. The second kappa shape index (κ2) is 6.55. The van der Waals surface area contributed by atoms with Crippen LogP contribution < -0.4 is 0 Å². The summed E-state index contributed by atoms with van der Waals surface area (Å²) in [4.78, 5) is 4.60. The van der Waals surface area contributed by atoms with Crippen LogP contribution in [0.4, 0.5) is 0 Å². The first-order chi connectivity index (χ1) is 9.40. The highest BCUT2D eigenvalue weighted by molar-refractivity contribution is 6.42. The number of hydrogen-bond donors (Lipinski definition) is 0. The Morgan fingerprint density at radius 1 is 1.15 bits per heavy atom. The minimum absolute atomic E-state index is 0.140. The Kier molecular flexibility index (Phi) is 5.22. The van der Waals surface area contributed by atoms with Gasteiger partial charge in [-0.15, -0.1) is 11.6 Å². The summed E-state index contributed by atoms with van der Waals surface area (Å²) in [6.45, 7) is 7.30. The van der Waals surface area contributed by atoms with Crippen molar-refractivity contribution in [2.75, 3.05) is 0 Å². The molecule has 1 atom stereocenters. The summed E-state index contributed by atoms with van der Waals surface area (Å²) < 4.78 is 2.16. The summed E-state index contributed by atoms with van der Waals surface area (Å²) in [6.07, 6.45) is 2.27. The molecule has 0 fully saturated rings. The smallest absolute Gasteiger partial charge is 0.127 e. The molecule has 0 saturated heterocycles. The van der Waals surface area contributed by atoms with Crippen LogP contribution in [0.25, 0.3) is 11.0 Å². The number of rotatable bonds is 5. The fourth-order valence-corrected chi connectivity index (χ4v) is 2.82. The lowest BCUT2D eigenvalue weighted by Crippen LogP contribution is -2.05. The molecule has 1 unspecified atom stereocenters. The molecule has 0 aliphatic rings. The maximum atomic E-state index is 6.25. The molecule has 5 heteroatoms. The predicted octanol–water partition coefficient (Wildman–Crippen LogP) is 6.08. The molecule has 0 radical (unpaired) electrons. The summed E-state index contributed by atoms with van der Waals surface area (Å²) in [6, 6.07) is 3.69. The zero-order valence-corrected chi connectivity index (χ0v) is 14.2. The summed E-state index contributed by atoms with van der Waals surface area (Å²) >= 11 is 18.4. The van der Waals surface area contributed by atoms with Gasteiger partial charge in [-0.1, -0.05) is 37.0 Å². The molecule has 1 aromatic heterocycles. The predicted molar refractivity (Wildman–Crippen MR) is 88.1 cm³/mol. The number of imidazole rings is 1. The van der Waals surface area contributed by atoms with Gasteiger partial charge in [-0.25, -0.2) is 4.98 Å². The van der Waals surface area contributed by atoms with Gasteiger partial charge in [0.25, 0.3) is 0 Å². The van der Waals surface area contributed by atoms with Crippen LogP contribution in [-0.2, 0) is 6.54 Å². The van der Waals surface area contributed by atoms with E-state index in [0.29, 0.717) is 16.0 Å². The quantitative estimate of drug-likeness (QED) is 0.606. The van der Waals surface area contributed by atoms with Crippen LogP contribution >= 0.6 is 34.8 Å². The van der Waals surface area contributed by atoms with Gasteiger partial charge in [-0.2, -0.15) is 0 Å². The minimum Gasteiger partial charge on any atom is -0.327 e. The van der Waals surface area contributed by atoms with E-state index in [4.69, 9.17) is 34.8 Å². The Hall–Kier alpha value is -0.440. The van der Waals surface area contributed by atoms with Crippen LogP contribution in [0.1, 0.15) is 44.8 Å². The van der Waals surface area contributed by atoms with E-state index in [-0.39, 0.29) is 5.38 Å². The lowest BCUT2D eigenvalue weighted by atomic mass is 10.1. The number of hydrogen-bond acceptors (Lipinski definition) is 1. The van der Waals surface area contributed by atoms with Gasteiger partial charge >= 0.3 is 0 Å². The van der Waals surface area contributed by atoms with Gasteiger partial charge in [0.15, 0.2) is 0 Å². The second-order valence-corrected chi connectivity index (χ2v) is 7.00. The molecular formula is C15H19Cl3N2. The van der Waals surface area contributed by atoms with Crippen molar-refractivity contribution in [1.82, 2.24) is 9.55 Å². The maximum absolute atomic E-state index is 6.25. The highest BCUT2D eigenvalue weighted by Gasteiger charge is 2.16. The molecule has 0 saturated carbocycles. The molecule has 0 amide bonds. The highest BCUT2D eigenvalue weighted by atomic mass is 35.5. The first-order valence-corrected chi connectivity index (χ1v) is 8.08. The van der Waals surface area contributed by atoms with Crippen molar-refractivity contribution < 1.29 is 0 Å². The molecule has 20 heavy (non-hydrogen) atoms. The van der Waals surface area contributed by atoms with E-state index >= 15 is 0 Å². The van der Waals surface area contributed by atoms with E-state index < -0.39 is 0 Å². The Labute approximate surface area is 135 Å². The number of halogens is 3. The average Bonchev–Trinajstić information content (AvgIpc) is 2.68. The molecule has 0 bridgehead atoms. The fourth-order valence-electron chi connectivity index (χ4n) is 2.34. The third kappa shape index (κ3) is 3.41. The monoisotopic (exact) mass is 332 g/mol. The van der Waals surface area contributed by atoms with Crippen molar-refractivity contribution in [2.24, 2.45) is 5.92 Å². The molecule has 2 nitrogen and oxygen atoms in total. The first-order valence-electron chi connectivity index (χ1n) is 6.89. The second-order valence-electron chi connectivity index (χ2n) is 5.53. The molecule has 1 heterocycles. The third-order valence-corrected chi connectivity index (χ3v) is 4.26. The van der Waals surface area contributed by atoms with Crippen molar-refractivity contribution in [2.45, 2.75) is 45.5 Å². The van der Waals surface area contributed by atoms with Gasteiger partial charge in [0.05, 0.1) is 26.5 Å². The van der Waals surface area contributed by atoms with Gasteiger partial charge in [0, 0.05) is 6.54 Å². The van der Waals surface area contributed by atoms with E-state index in [1.54, 1.807) is 6.07 Å².